The lowest BCUT2D eigenvalue weighted by atomic mass is 9.97. The Balaban J connectivity index is 2.67. The zero-order chi connectivity index (χ0) is 26.8. The summed E-state index contributed by atoms with van der Waals surface area (Å²) in [5, 5.41) is 45.9. The summed E-state index contributed by atoms with van der Waals surface area (Å²) in [7, 11) is 1.71. The fourth-order valence-electron chi connectivity index (χ4n) is 4.46. The van der Waals surface area contributed by atoms with Gasteiger partial charge >= 0.3 is 23.4 Å². The van der Waals surface area contributed by atoms with Crippen molar-refractivity contribution in [2.45, 2.75) is 63.0 Å². The van der Waals surface area contributed by atoms with E-state index in [4.69, 9.17) is 4.74 Å². The molecule has 1 rings (SSSR count). The van der Waals surface area contributed by atoms with E-state index in [-0.39, 0.29) is 26.2 Å². The molecule has 1 aliphatic heterocycles. The summed E-state index contributed by atoms with van der Waals surface area (Å²) in [6.07, 6.45) is 7.75. The Morgan fingerprint density at radius 3 is 1.86 bits per heavy atom. The number of hydrogen-bond acceptors (Lipinski definition) is 9. The highest BCUT2D eigenvalue weighted by Crippen LogP contribution is 2.18. The summed E-state index contributed by atoms with van der Waals surface area (Å²) >= 11 is 0. The van der Waals surface area contributed by atoms with Crippen molar-refractivity contribution in [2.75, 3.05) is 72.6 Å². The molecule has 36 heavy (non-hydrogen) atoms. The molecule has 210 valence electrons. The maximum atomic E-state index is 11.9. The van der Waals surface area contributed by atoms with Gasteiger partial charge in [-0.3, -0.25) is 9.80 Å². The molecule has 1 fully saturated rings. The van der Waals surface area contributed by atoms with Crippen molar-refractivity contribution >= 4 is 17.9 Å². The molecule has 0 spiro atoms. The van der Waals surface area contributed by atoms with Crippen molar-refractivity contribution < 1.29 is 39.5 Å². The van der Waals surface area contributed by atoms with Gasteiger partial charge in [0, 0.05) is 72.6 Å². The number of rotatable bonds is 16. The quantitative estimate of drug-likeness (QED) is 0.119. The summed E-state index contributed by atoms with van der Waals surface area (Å²) in [5.74, 6) is -5.79. The van der Waals surface area contributed by atoms with Crippen LogP contribution in [-0.4, -0.2) is 132 Å². The summed E-state index contributed by atoms with van der Waals surface area (Å²) in [6.45, 7) is 3.91. The number of aliphatic hydroxyl groups excluding tert-OH is 1. The lowest BCUT2D eigenvalue weighted by molar-refractivity contribution is -0.179. The zero-order valence-electron chi connectivity index (χ0n) is 21.6. The predicted octanol–water partition coefficient (Wildman–Crippen LogP) is -0.0961. The van der Waals surface area contributed by atoms with Crippen LogP contribution in [0.5, 0.6) is 0 Å². The van der Waals surface area contributed by atoms with E-state index in [9.17, 15) is 34.8 Å². The van der Waals surface area contributed by atoms with Crippen LogP contribution in [0.3, 0.4) is 0 Å². The average Bonchev–Trinajstić information content (AvgIpc) is 2.80. The number of carbonyl (C=O) groups is 3. The number of unbranched alkanes of at least 4 members (excludes halogenated alkanes) is 6. The van der Waals surface area contributed by atoms with Gasteiger partial charge in [0.25, 0.3) is 0 Å². The van der Waals surface area contributed by atoms with Gasteiger partial charge in [-0.25, -0.2) is 14.4 Å². The molecule has 0 aromatic heterocycles. The normalized spacial score (nSPS) is 18.2. The minimum Gasteiger partial charge on any atom is -0.479 e. The minimum atomic E-state index is -3.07. The summed E-state index contributed by atoms with van der Waals surface area (Å²) in [4.78, 5) is 38.6. The Kier molecular flexibility index (Phi) is 16.5. The highest BCUT2D eigenvalue weighted by atomic mass is 16.5. The summed E-state index contributed by atoms with van der Waals surface area (Å²) in [6, 6.07) is 0. The van der Waals surface area contributed by atoms with Crippen LogP contribution in [0.2, 0.25) is 0 Å². The number of aliphatic hydroxyl groups is 1. The van der Waals surface area contributed by atoms with Gasteiger partial charge in [0.05, 0.1) is 6.10 Å². The van der Waals surface area contributed by atoms with E-state index in [0.29, 0.717) is 39.1 Å². The van der Waals surface area contributed by atoms with Crippen LogP contribution in [0.1, 0.15) is 51.4 Å². The molecule has 0 saturated carbocycles. The number of aliphatic carboxylic acids is 3. The Hall–Kier alpha value is -1.83. The zero-order valence-corrected chi connectivity index (χ0v) is 21.6. The first-order chi connectivity index (χ1) is 17.3. The second kappa shape index (κ2) is 18.4. The van der Waals surface area contributed by atoms with Gasteiger partial charge in [-0.05, 0) is 12.8 Å². The van der Waals surface area contributed by atoms with Gasteiger partial charge in [0.1, 0.15) is 0 Å². The van der Waals surface area contributed by atoms with Gasteiger partial charge in [-0.1, -0.05) is 38.5 Å². The Morgan fingerprint density at radius 1 is 0.778 bits per heavy atom. The fraction of sp³-hybridized carbons (Fsp3) is 0.875. The molecule has 12 heteroatoms. The topological polar surface area (TPSA) is 172 Å². The van der Waals surface area contributed by atoms with Gasteiger partial charge in [0.2, 0.25) is 0 Å². The Labute approximate surface area is 214 Å². The van der Waals surface area contributed by atoms with Crippen molar-refractivity contribution in [3.05, 3.63) is 0 Å². The van der Waals surface area contributed by atoms with Crippen molar-refractivity contribution in [1.82, 2.24) is 20.4 Å². The molecule has 0 amide bonds. The van der Waals surface area contributed by atoms with E-state index >= 15 is 0 Å². The third-order valence-electron chi connectivity index (χ3n) is 6.59. The molecule has 1 atom stereocenters. The van der Waals surface area contributed by atoms with Crippen molar-refractivity contribution in [1.29, 1.82) is 0 Å². The van der Waals surface area contributed by atoms with Crippen LogP contribution < -0.4 is 10.6 Å². The summed E-state index contributed by atoms with van der Waals surface area (Å²) < 4.78 is 5.05. The van der Waals surface area contributed by atoms with Gasteiger partial charge in [-0.15, -0.1) is 0 Å². The average molecular weight is 519 g/mol. The van der Waals surface area contributed by atoms with Crippen molar-refractivity contribution in [2.24, 2.45) is 0 Å². The third-order valence-corrected chi connectivity index (χ3v) is 6.59. The maximum absolute atomic E-state index is 11.9. The third kappa shape index (κ3) is 11.1. The highest BCUT2D eigenvalue weighted by Gasteiger charge is 2.59. The first-order valence-corrected chi connectivity index (χ1v) is 13.0. The van der Waals surface area contributed by atoms with Crippen molar-refractivity contribution in [3.8, 4) is 0 Å². The first-order valence-electron chi connectivity index (χ1n) is 13.0. The number of ether oxygens (including phenoxy) is 1. The number of carboxylic acid groups (broad SMARTS) is 3. The SMILES string of the molecule is COCCCCCCCCCC(O)CN1CCNCCNCCN(C(C(=O)O)(C(=O)O)C(=O)O)CC1. The number of β-amino-alcohol motifs (C(OH)–C–C–N with tert-alkyl or cyclic N) is 1. The van der Waals surface area contributed by atoms with Gasteiger partial charge in [0.15, 0.2) is 0 Å². The van der Waals surface area contributed by atoms with Crippen LogP contribution in [0.4, 0.5) is 0 Å². The highest BCUT2D eigenvalue weighted by molar-refractivity contribution is 6.21. The lowest BCUT2D eigenvalue weighted by Gasteiger charge is -2.36. The largest absolute Gasteiger partial charge is 0.479 e. The van der Waals surface area contributed by atoms with Crippen LogP contribution in [-0.2, 0) is 19.1 Å². The Morgan fingerprint density at radius 2 is 1.31 bits per heavy atom. The lowest BCUT2D eigenvalue weighted by Crippen LogP contribution is -2.67. The molecule has 0 aliphatic carbocycles. The van der Waals surface area contributed by atoms with Crippen LogP contribution in [0.15, 0.2) is 0 Å². The predicted molar refractivity (Wildman–Crippen MR) is 134 cm³/mol. The maximum Gasteiger partial charge on any atom is 0.347 e. The second-order valence-corrected chi connectivity index (χ2v) is 9.32. The van der Waals surface area contributed by atoms with E-state index in [1.807, 2.05) is 4.90 Å². The van der Waals surface area contributed by atoms with Crippen molar-refractivity contribution in [3.63, 3.8) is 0 Å². The Bertz CT molecular complexity index is 616. The van der Waals surface area contributed by atoms with E-state index in [1.54, 1.807) is 7.11 Å². The molecule has 1 unspecified atom stereocenters. The van der Waals surface area contributed by atoms with E-state index in [1.165, 1.54) is 19.3 Å². The van der Waals surface area contributed by atoms with Gasteiger partial charge in [-0.2, -0.15) is 0 Å². The van der Waals surface area contributed by atoms with Crippen LogP contribution >= 0.6 is 0 Å². The van der Waals surface area contributed by atoms with E-state index < -0.39 is 29.6 Å². The van der Waals surface area contributed by atoms with Crippen LogP contribution in [0.25, 0.3) is 0 Å². The smallest absolute Gasteiger partial charge is 0.347 e. The molecule has 1 aliphatic rings. The minimum absolute atomic E-state index is 0.0627. The number of hydrogen-bond donors (Lipinski definition) is 6. The molecular weight excluding hydrogens is 472 g/mol. The number of nitrogens with one attached hydrogen (secondary N) is 2. The first kappa shape index (κ1) is 32.2. The number of methoxy groups -OCH3 is 1. The molecule has 0 bridgehead atoms. The van der Waals surface area contributed by atoms with Crippen LogP contribution in [0, 0.1) is 0 Å². The monoisotopic (exact) mass is 518 g/mol. The molecular formula is C24H46N4O8. The molecule has 1 heterocycles. The molecule has 0 radical (unpaired) electrons. The molecule has 1 saturated heterocycles. The number of nitrogens with zero attached hydrogens (tertiary/aromatic N) is 2. The van der Waals surface area contributed by atoms with E-state index in [0.717, 1.165) is 37.2 Å². The molecule has 0 aromatic rings. The fourth-order valence-corrected chi connectivity index (χ4v) is 4.46. The summed E-state index contributed by atoms with van der Waals surface area (Å²) in [5.41, 5.74) is -3.07. The van der Waals surface area contributed by atoms with Gasteiger partial charge < -0.3 is 35.8 Å². The molecule has 6 N–H and O–H groups in total. The molecule has 0 aromatic carbocycles. The standard InChI is InChI=1S/C24H46N4O8/c1-36-18-8-6-4-2-3-5-7-9-20(29)19-27-14-12-25-10-11-26-13-15-28(17-16-27)24(21(30)31,22(32)33)23(34)35/h20,25-26,29H,2-19H2,1H3,(H,30,31)(H,32,33)(H,34,35). The second-order valence-electron chi connectivity index (χ2n) is 9.32. The number of carboxylic acids is 3. The van der Waals surface area contributed by atoms with E-state index in [2.05, 4.69) is 10.6 Å². The molecule has 12 nitrogen and oxygen atoms in total.